The number of aliphatic hydroxyl groups is 1. The van der Waals surface area contributed by atoms with Gasteiger partial charge in [0.2, 0.25) is 17.7 Å². The van der Waals surface area contributed by atoms with Crippen molar-refractivity contribution in [1.29, 1.82) is 0 Å². The maximum atomic E-state index is 14.0. The van der Waals surface area contributed by atoms with Crippen LogP contribution in [0.2, 0.25) is 0 Å². The fourth-order valence-electron chi connectivity index (χ4n) is 6.02. The number of nitrogens with zero attached hydrogens (tertiary/aromatic N) is 1. The lowest BCUT2D eigenvalue weighted by Crippen LogP contribution is -2.57. The second-order valence-electron chi connectivity index (χ2n) is 10.4. The second kappa shape index (κ2) is 7.76. The molecule has 0 saturated carbocycles. The van der Waals surface area contributed by atoms with Gasteiger partial charge in [-0.3, -0.25) is 14.4 Å². The number of amides is 3. The first kappa shape index (κ1) is 23.1. The van der Waals surface area contributed by atoms with Crippen LogP contribution in [0.5, 0.6) is 0 Å². The average molecular weight is 460 g/mol. The lowest BCUT2D eigenvalue weighted by atomic mass is 9.66. The van der Waals surface area contributed by atoms with Crippen LogP contribution in [0.15, 0.2) is 30.3 Å². The average Bonchev–Trinajstić information content (AvgIpc) is 3.29. The van der Waals surface area contributed by atoms with Crippen molar-refractivity contribution < 1.29 is 19.5 Å². The zero-order valence-electron chi connectivity index (χ0n) is 19.3. The van der Waals surface area contributed by atoms with E-state index in [4.69, 9.17) is 0 Å². The number of hydrogen-bond donors (Lipinski definition) is 3. The summed E-state index contributed by atoms with van der Waals surface area (Å²) in [6, 6.07) is 7.89. The molecular weight excluding hydrogens is 426 g/mol. The van der Waals surface area contributed by atoms with Gasteiger partial charge in [-0.15, -0.1) is 11.8 Å². The molecule has 3 saturated heterocycles. The number of likely N-dealkylation sites (tertiary alicyclic amines) is 1. The van der Waals surface area contributed by atoms with Crippen LogP contribution >= 0.6 is 11.8 Å². The zero-order valence-corrected chi connectivity index (χ0v) is 20.2. The predicted octanol–water partition coefficient (Wildman–Crippen LogP) is 1.86. The van der Waals surface area contributed by atoms with Crippen LogP contribution in [-0.2, 0) is 14.4 Å². The van der Waals surface area contributed by atoms with E-state index in [9.17, 15) is 19.5 Å². The summed E-state index contributed by atoms with van der Waals surface area (Å²) in [6.45, 7) is 7.48. The van der Waals surface area contributed by atoms with Crippen molar-refractivity contribution in [2.24, 2.45) is 11.8 Å². The molecule has 3 aliphatic heterocycles. The summed E-state index contributed by atoms with van der Waals surface area (Å²) in [6.07, 6.45) is 1.45. The second-order valence-corrected chi connectivity index (χ2v) is 12.3. The molecule has 8 heteroatoms. The predicted molar refractivity (Wildman–Crippen MR) is 124 cm³/mol. The van der Waals surface area contributed by atoms with Crippen molar-refractivity contribution >= 4 is 29.5 Å². The maximum absolute atomic E-state index is 14.0. The summed E-state index contributed by atoms with van der Waals surface area (Å²) < 4.78 is -1.09. The van der Waals surface area contributed by atoms with Gasteiger partial charge in [-0.05, 0) is 46.1 Å². The molecule has 3 aliphatic rings. The summed E-state index contributed by atoms with van der Waals surface area (Å²) in [5, 5.41) is 16.2. The van der Waals surface area contributed by atoms with Gasteiger partial charge in [0.1, 0.15) is 6.04 Å². The van der Waals surface area contributed by atoms with E-state index < -0.39 is 39.0 Å². The molecule has 1 aromatic rings. The molecule has 3 amide bonds. The highest BCUT2D eigenvalue weighted by atomic mass is 32.2. The summed E-state index contributed by atoms with van der Waals surface area (Å²) >= 11 is 1.63. The highest BCUT2D eigenvalue weighted by Crippen LogP contribution is 2.71. The highest BCUT2D eigenvalue weighted by Gasteiger charge is 2.77. The number of hydrogen-bond acceptors (Lipinski definition) is 5. The molecule has 1 spiro atoms. The van der Waals surface area contributed by atoms with Crippen LogP contribution in [0, 0.1) is 11.8 Å². The van der Waals surface area contributed by atoms with Crippen LogP contribution in [0.25, 0.3) is 0 Å². The van der Waals surface area contributed by atoms with Crippen molar-refractivity contribution in [3.63, 3.8) is 0 Å². The van der Waals surface area contributed by atoms with Crippen molar-refractivity contribution in [1.82, 2.24) is 15.5 Å². The van der Waals surface area contributed by atoms with Crippen molar-refractivity contribution in [2.45, 2.75) is 67.7 Å². The molecule has 4 rings (SSSR count). The summed E-state index contributed by atoms with van der Waals surface area (Å²) in [7, 11) is 1.59. The monoisotopic (exact) mass is 459 g/mol. The van der Waals surface area contributed by atoms with E-state index in [-0.39, 0.29) is 24.3 Å². The van der Waals surface area contributed by atoms with E-state index in [2.05, 4.69) is 10.6 Å². The molecule has 7 nitrogen and oxygen atoms in total. The van der Waals surface area contributed by atoms with Crippen LogP contribution in [0.3, 0.4) is 0 Å². The van der Waals surface area contributed by atoms with Gasteiger partial charge in [-0.1, -0.05) is 30.3 Å². The fraction of sp³-hybridized carbons (Fsp3) is 0.625. The minimum atomic E-state index is -0.766. The van der Waals surface area contributed by atoms with E-state index in [1.807, 2.05) is 58.0 Å². The molecule has 2 bridgehead atoms. The van der Waals surface area contributed by atoms with Crippen LogP contribution < -0.4 is 10.6 Å². The number of fused-ring (bicyclic) bond motifs is 1. The third-order valence-electron chi connectivity index (χ3n) is 7.18. The van der Waals surface area contributed by atoms with E-state index in [0.29, 0.717) is 6.42 Å². The quantitative estimate of drug-likeness (QED) is 0.624. The molecule has 1 aromatic carbocycles. The Morgan fingerprint density at radius 2 is 1.88 bits per heavy atom. The van der Waals surface area contributed by atoms with Crippen LogP contribution in [-0.4, -0.2) is 62.5 Å². The molecule has 0 radical (unpaired) electrons. The zero-order chi connectivity index (χ0) is 23.5. The first-order valence-electron chi connectivity index (χ1n) is 11.2. The number of nitrogens with one attached hydrogen (secondary N) is 2. The van der Waals surface area contributed by atoms with E-state index in [1.54, 1.807) is 23.7 Å². The molecule has 3 heterocycles. The Morgan fingerprint density at radius 3 is 2.44 bits per heavy atom. The number of carbonyl (C=O) groups excluding carboxylic acids is 3. The van der Waals surface area contributed by atoms with Gasteiger partial charge in [-0.25, -0.2) is 0 Å². The van der Waals surface area contributed by atoms with Crippen LogP contribution in [0.4, 0.5) is 0 Å². The molecule has 6 atom stereocenters. The van der Waals surface area contributed by atoms with Gasteiger partial charge < -0.3 is 20.6 Å². The van der Waals surface area contributed by atoms with Gasteiger partial charge in [-0.2, -0.15) is 0 Å². The first-order chi connectivity index (χ1) is 15.0. The Bertz CT molecular complexity index is 933. The number of carbonyl (C=O) groups is 3. The van der Waals surface area contributed by atoms with Crippen molar-refractivity contribution in [3.8, 4) is 0 Å². The van der Waals surface area contributed by atoms with Gasteiger partial charge in [0.15, 0.2) is 0 Å². The number of benzene rings is 1. The summed E-state index contributed by atoms with van der Waals surface area (Å²) in [5.41, 5.74) is 0.295. The fourth-order valence-corrected chi connectivity index (χ4v) is 8.37. The largest absolute Gasteiger partial charge is 0.394 e. The standard InChI is InChI=1S/C24H33N3O4S/c1-22(2,3)26-20(30)18-24-12-11-23(4,32-24)16(19(29)25-5)17(24)21(31)27(18)15(13-28)14-9-7-6-8-10-14/h6-10,15-18,28H,11-13H2,1-5H3,(H,25,29)(H,26,30)/t15-,16+,17+,18?,23-,24?/m1/s1. The lowest BCUT2D eigenvalue weighted by molar-refractivity contribution is -0.143. The Balaban J connectivity index is 1.85. The Kier molecular flexibility index (Phi) is 5.61. The Hall–Kier alpha value is -2.06. The van der Waals surface area contributed by atoms with Crippen molar-refractivity contribution in [2.75, 3.05) is 13.7 Å². The van der Waals surface area contributed by atoms with Gasteiger partial charge in [0, 0.05) is 17.3 Å². The number of rotatable bonds is 5. The minimum absolute atomic E-state index is 0.156. The molecule has 32 heavy (non-hydrogen) atoms. The molecule has 0 aromatic heterocycles. The van der Waals surface area contributed by atoms with Gasteiger partial charge in [0.05, 0.1) is 29.2 Å². The lowest BCUT2D eigenvalue weighted by Gasteiger charge is -2.38. The molecule has 0 aliphatic carbocycles. The Morgan fingerprint density at radius 1 is 1.22 bits per heavy atom. The van der Waals surface area contributed by atoms with E-state index in [1.165, 1.54) is 0 Å². The van der Waals surface area contributed by atoms with Gasteiger partial charge in [0.25, 0.3) is 0 Å². The summed E-state index contributed by atoms with van der Waals surface area (Å²) in [4.78, 5) is 42.3. The maximum Gasteiger partial charge on any atom is 0.244 e. The molecule has 2 unspecified atom stereocenters. The number of thioether (sulfide) groups is 1. The third kappa shape index (κ3) is 3.34. The SMILES string of the molecule is CNC(=O)[C@@H]1[C@H]2C(=O)N([C@H](CO)c3ccccc3)C(C(=O)NC(C)(C)C)C23CC[C@@]1(C)S3. The van der Waals surface area contributed by atoms with E-state index >= 15 is 0 Å². The minimum Gasteiger partial charge on any atom is -0.394 e. The van der Waals surface area contributed by atoms with E-state index in [0.717, 1.165) is 12.0 Å². The molecule has 3 N–H and O–H groups in total. The molecule has 174 valence electrons. The topological polar surface area (TPSA) is 98.7 Å². The first-order valence-corrected chi connectivity index (χ1v) is 12.0. The summed E-state index contributed by atoms with van der Waals surface area (Å²) in [5.74, 6) is -1.70. The van der Waals surface area contributed by atoms with Crippen LogP contribution in [0.1, 0.15) is 52.1 Å². The number of aliphatic hydroxyl groups excluding tert-OH is 1. The Labute approximate surface area is 193 Å². The van der Waals surface area contributed by atoms with Crippen molar-refractivity contribution in [3.05, 3.63) is 35.9 Å². The third-order valence-corrected chi connectivity index (χ3v) is 9.17. The highest BCUT2D eigenvalue weighted by molar-refractivity contribution is 8.02. The molecule has 3 fully saturated rings. The molecular formula is C24H33N3O4S. The van der Waals surface area contributed by atoms with Gasteiger partial charge >= 0.3 is 0 Å². The smallest absolute Gasteiger partial charge is 0.244 e. The normalized spacial score (nSPS) is 34.4.